The van der Waals surface area contributed by atoms with Crippen molar-refractivity contribution in [2.45, 2.75) is 31.6 Å². The number of benzene rings is 3. The van der Waals surface area contributed by atoms with Gasteiger partial charge >= 0.3 is 0 Å². The van der Waals surface area contributed by atoms with Gasteiger partial charge < -0.3 is 9.47 Å². The van der Waals surface area contributed by atoms with E-state index in [2.05, 4.69) is 17.5 Å². The Morgan fingerprint density at radius 1 is 1.00 bits per heavy atom. The van der Waals surface area contributed by atoms with Gasteiger partial charge in [-0.2, -0.15) is 5.10 Å². The summed E-state index contributed by atoms with van der Waals surface area (Å²) in [5.74, 6) is 0.463. The van der Waals surface area contributed by atoms with E-state index in [9.17, 15) is 13.2 Å². The number of unbranched alkanes of at least 4 members (excludes halogenated alkanes) is 1. The number of hydrogen-bond acceptors (Lipinski definition) is 6. The third-order valence-electron chi connectivity index (χ3n) is 5.17. The Morgan fingerprint density at radius 3 is 2.38 bits per heavy atom. The van der Waals surface area contributed by atoms with Gasteiger partial charge in [0.25, 0.3) is 15.9 Å². The number of hydrogen-bond donors (Lipinski definition) is 1. The van der Waals surface area contributed by atoms with Crippen molar-refractivity contribution < 1.29 is 22.7 Å². The van der Waals surface area contributed by atoms with Crippen molar-refractivity contribution >= 4 is 39.4 Å². The zero-order chi connectivity index (χ0) is 26.7. The minimum absolute atomic E-state index is 0.0132. The fraction of sp³-hybridized carbons (Fsp3) is 0.259. The number of sulfonamides is 1. The van der Waals surface area contributed by atoms with E-state index in [0.29, 0.717) is 24.0 Å². The number of hydrazone groups is 1. The van der Waals surface area contributed by atoms with Crippen LogP contribution < -0.4 is 19.2 Å². The van der Waals surface area contributed by atoms with E-state index in [1.807, 2.05) is 24.3 Å². The molecule has 0 heterocycles. The number of nitrogens with zero attached hydrogens (tertiary/aromatic N) is 2. The zero-order valence-electron chi connectivity index (χ0n) is 20.8. The summed E-state index contributed by atoms with van der Waals surface area (Å²) in [5.41, 5.74) is 3.38. The van der Waals surface area contributed by atoms with Crippen LogP contribution in [0.15, 0.2) is 82.8 Å². The fourth-order valence-corrected chi connectivity index (χ4v) is 4.86. The predicted molar refractivity (Wildman–Crippen MR) is 146 cm³/mol. The number of amides is 1. The van der Waals surface area contributed by atoms with Gasteiger partial charge in [-0.05, 0) is 79.6 Å². The molecule has 37 heavy (non-hydrogen) atoms. The highest BCUT2D eigenvalue weighted by atomic mass is 35.5. The molecule has 0 bridgehead atoms. The molecule has 8 nitrogen and oxygen atoms in total. The summed E-state index contributed by atoms with van der Waals surface area (Å²) in [4.78, 5) is 12.8. The van der Waals surface area contributed by atoms with Gasteiger partial charge in [0, 0.05) is 5.02 Å². The number of carbonyl (C=O) groups is 1. The van der Waals surface area contributed by atoms with Crippen molar-refractivity contribution in [3.05, 3.63) is 83.4 Å². The van der Waals surface area contributed by atoms with Gasteiger partial charge in [-0.15, -0.1) is 0 Å². The van der Waals surface area contributed by atoms with Crippen LogP contribution in [0.4, 0.5) is 5.69 Å². The monoisotopic (exact) mass is 543 g/mol. The van der Waals surface area contributed by atoms with Crippen LogP contribution in [0.2, 0.25) is 5.02 Å². The summed E-state index contributed by atoms with van der Waals surface area (Å²) in [6.07, 6.45) is 3.51. The van der Waals surface area contributed by atoms with E-state index >= 15 is 0 Å². The molecule has 3 rings (SSSR count). The van der Waals surface area contributed by atoms with Gasteiger partial charge in [0.1, 0.15) is 18.0 Å². The second kappa shape index (κ2) is 13.7. The van der Waals surface area contributed by atoms with Crippen molar-refractivity contribution in [2.24, 2.45) is 5.10 Å². The maximum atomic E-state index is 13.6. The van der Waals surface area contributed by atoms with Crippen molar-refractivity contribution in [1.29, 1.82) is 0 Å². The summed E-state index contributed by atoms with van der Waals surface area (Å²) in [7, 11) is -4.13. The summed E-state index contributed by atoms with van der Waals surface area (Å²) in [6.45, 7) is 4.35. The largest absolute Gasteiger partial charge is 0.494 e. The lowest BCUT2D eigenvalue weighted by Gasteiger charge is -2.25. The highest BCUT2D eigenvalue weighted by Gasteiger charge is 2.29. The van der Waals surface area contributed by atoms with E-state index < -0.39 is 22.5 Å². The standard InChI is InChI=1S/C27H30ClN3O5S/c1-3-5-18-36-23-14-10-21(11-15-23)19-29-30-27(32)20-31(25-8-6-7-9-26(25)35-4-2)37(33,34)24-16-12-22(28)13-17-24/h6-17,19H,3-5,18,20H2,1-2H3,(H,30,32)/b29-19-. The van der Waals surface area contributed by atoms with Crippen LogP contribution in [0, 0.1) is 0 Å². The first-order valence-electron chi connectivity index (χ1n) is 11.9. The SMILES string of the molecule is CCCCOc1ccc(/C=N\NC(=O)CN(c2ccccc2OCC)S(=O)(=O)c2ccc(Cl)cc2)cc1. The molecule has 3 aromatic carbocycles. The topological polar surface area (TPSA) is 97.3 Å². The molecule has 3 aromatic rings. The third kappa shape index (κ3) is 7.96. The maximum absolute atomic E-state index is 13.6. The van der Waals surface area contributed by atoms with Crippen LogP contribution in [0.5, 0.6) is 11.5 Å². The highest BCUT2D eigenvalue weighted by Crippen LogP contribution is 2.32. The zero-order valence-corrected chi connectivity index (χ0v) is 22.3. The molecule has 0 aromatic heterocycles. The maximum Gasteiger partial charge on any atom is 0.264 e. The van der Waals surface area contributed by atoms with Gasteiger partial charge in [-0.25, -0.2) is 13.8 Å². The Hall–Kier alpha value is -3.56. The van der Waals surface area contributed by atoms with Crippen molar-refractivity contribution in [1.82, 2.24) is 5.43 Å². The van der Waals surface area contributed by atoms with Gasteiger partial charge in [0.2, 0.25) is 0 Å². The molecule has 0 atom stereocenters. The van der Waals surface area contributed by atoms with Crippen LogP contribution >= 0.6 is 11.6 Å². The number of nitrogens with one attached hydrogen (secondary N) is 1. The number of ether oxygens (including phenoxy) is 2. The van der Waals surface area contributed by atoms with Crippen LogP contribution in [0.25, 0.3) is 0 Å². The van der Waals surface area contributed by atoms with E-state index in [1.54, 1.807) is 31.2 Å². The third-order valence-corrected chi connectivity index (χ3v) is 7.20. The second-order valence-electron chi connectivity index (χ2n) is 7.93. The molecule has 0 saturated heterocycles. The number of rotatable bonds is 13. The van der Waals surface area contributed by atoms with Crippen LogP contribution in [0.3, 0.4) is 0 Å². The number of para-hydroxylation sites is 2. The Balaban J connectivity index is 1.77. The quantitative estimate of drug-likeness (QED) is 0.180. The van der Waals surface area contributed by atoms with Gasteiger partial charge in [-0.1, -0.05) is 37.1 Å². The Labute approximate surface area is 222 Å². The molecule has 196 valence electrons. The van der Waals surface area contributed by atoms with E-state index in [4.69, 9.17) is 21.1 Å². The van der Waals surface area contributed by atoms with E-state index in [1.165, 1.54) is 30.5 Å². The lowest BCUT2D eigenvalue weighted by molar-refractivity contribution is -0.119. The average Bonchev–Trinajstić information content (AvgIpc) is 2.89. The van der Waals surface area contributed by atoms with Gasteiger partial charge in [0.05, 0.1) is 30.0 Å². The predicted octanol–water partition coefficient (Wildman–Crippen LogP) is 5.26. The summed E-state index contributed by atoms with van der Waals surface area (Å²) in [5, 5.41) is 4.38. The molecule has 0 spiro atoms. The minimum Gasteiger partial charge on any atom is -0.494 e. The molecular formula is C27H30ClN3O5S. The smallest absolute Gasteiger partial charge is 0.264 e. The van der Waals surface area contributed by atoms with E-state index in [-0.39, 0.29) is 10.6 Å². The van der Waals surface area contributed by atoms with Crippen molar-refractivity contribution in [3.63, 3.8) is 0 Å². The van der Waals surface area contributed by atoms with Gasteiger partial charge in [0.15, 0.2) is 0 Å². The van der Waals surface area contributed by atoms with Crippen LogP contribution in [-0.2, 0) is 14.8 Å². The first-order chi connectivity index (χ1) is 17.8. The molecule has 0 aliphatic rings. The molecule has 0 aliphatic carbocycles. The number of carbonyl (C=O) groups excluding carboxylic acids is 1. The Morgan fingerprint density at radius 2 is 1.70 bits per heavy atom. The van der Waals surface area contributed by atoms with Crippen molar-refractivity contribution in [2.75, 3.05) is 24.1 Å². The Bertz CT molecular complexity index is 1300. The second-order valence-corrected chi connectivity index (χ2v) is 10.2. The normalized spacial score (nSPS) is 11.3. The summed E-state index contributed by atoms with van der Waals surface area (Å²) >= 11 is 5.94. The molecular weight excluding hydrogens is 514 g/mol. The lowest BCUT2D eigenvalue weighted by Crippen LogP contribution is -2.39. The molecule has 1 N–H and O–H groups in total. The minimum atomic E-state index is -4.13. The Kier molecular flexibility index (Phi) is 10.3. The average molecular weight is 544 g/mol. The molecule has 0 saturated carbocycles. The van der Waals surface area contributed by atoms with Crippen LogP contribution in [-0.4, -0.2) is 40.3 Å². The fourth-order valence-electron chi connectivity index (χ4n) is 3.30. The molecule has 0 radical (unpaired) electrons. The molecule has 10 heteroatoms. The first kappa shape index (κ1) is 28.0. The van der Waals surface area contributed by atoms with E-state index in [0.717, 1.165) is 28.5 Å². The van der Waals surface area contributed by atoms with Crippen molar-refractivity contribution in [3.8, 4) is 11.5 Å². The summed E-state index contributed by atoms with van der Waals surface area (Å²) < 4.78 is 39.4. The first-order valence-corrected chi connectivity index (χ1v) is 13.7. The number of halogens is 1. The summed E-state index contributed by atoms with van der Waals surface area (Å²) in [6, 6.07) is 19.6. The molecule has 0 aliphatic heterocycles. The van der Waals surface area contributed by atoms with Crippen LogP contribution in [0.1, 0.15) is 32.3 Å². The lowest BCUT2D eigenvalue weighted by atomic mass is 10.2. The highest BCUT2D eigenvalue weighted by molar-refractivity contribution is 7.92. The molecule has 0 fully saturated rings. The molecule has 0 unspecified atom stereocenters. The molecule has 1 amide bonds. The number of anilines is 1. The van der Waals surface area contributed by atoms with Gasteiger partial charge in [-0.3, -0.25) is 9.10 Å².